The fraction of sp³-hybridized carbons (Fsp3) is 0.312. The van der Waals surface area contributed by atoms with Gasteiger partial charge in [-0.15, -0.1) is 0 Å². The number of carbonyl (C=O) groups is 4. The zero-order valence-electron chi connectivity index (χ0n) is 24.8. The molecule has 0 bridgehead atoms. The van der Waals surface area contributed by atoms with Gasteiger partial charge in [0.2, 0.25) is 0 Å². The van der Waals surface area contributed by atoms with Crippen molar-refractivity contribution >= 4 is 29.7 Å². The van der Waals surface area contributed by atoms with Gasteiger partial charge < -0.3 is 24.8 Å². The predicted molar refractivity (Wildman–Crippen MR) is 161 cm³/mol. The largest absolute Gasteiger partial charge is 0.489 e. The summed E-state index contributed by atoms with van der Waals surface area (Å²) in [6, 6.07) is 23.0. The highest BCUT2D eigenvalue weighted by Gasteiger charge is 2.25. The van der Waals surface area contributed by atoms with Crippen LogP contribution in [-0.4, -0.2) is 42.3 Å². The second-order valence-corrected chi connectivity index (χ2v) is 10.6. The molecular weight excluding hydrogens is 552 g/mol. The van der Waals surface area contributed by atoms with Gasteiger partial charge in [0.25, 0.3) is 11.8 Å². The fourth-order valence-electron chi connectivity index (χ4n) is 3.86. The van der Waals surface area contributed by atoms with Gasteiger partial charge in [0.15, 0.2) is 6.61 Å². The molecule has 0 heterocycles. The lowest BCUT2D eigenvalue weighted by molar-refractivity contribution is -0.124. The number of hydrogen-bond acceptors (Lipinski definition) is 7. The number of benzene rings is 3. The van der Waals surface area contributed by atoms with Crippen LogP contribution in [0, 0.1) is 0 Å². The Morgan fingerprint density at radius 3 is 2.14 bits per heavy atom. The molecule has 4 amide bonds. The zero-order valence-corrected chi connectivity index (χ0v) is 24.8. The van der Waals surface area contributed by atoms with Crippen molar-refractivity contribution in [3.05, 3.63) is 95.6 Å². The minimum absolute atomic E-state index is 0.0833. The van der Waals surface area contributed by atoms with E-state index in [0.717, 1.165) is 16.7 Å². The summed E-state index contributed by atoms with van der Waals surface area (Å²) in [5.41, 5.74) is 6.84. The molecule has 0 saturated carbocycles. The van der Waals surface area contributed by atoms with E-state index >= 15 is 0 Å². The van der Waals surface area contributed by atoms with Crippen LogP contribution in [0.15, 0.2) is 78.9 Å². The van der Waals surface area contributed by atoms with E-state index in [9.17, 15) is 19.2 Å². The van der Waals surface area contributed by atoms with Gasteiger partial charge in [0, 0.05) is 12.1 Å². The summed E-state index contributed by atoms with van der Waals surface area (Å²) in [6.45, 7) is 6.89. The highest BCUT2D eigenvalue weighted by Crippen LogP contribution is 2.17. The molecule has 1 atom stereocenters. The average molecular weight is 591 g/mol. The predicted octanol–water partition coefficient (Wildman–Crippen LogP) is 4.66. The molecule has 3 aromatic rings. The van der Waals surface area contributed by atoms with Crippen LogP contribution in [-0.2, 0) is 38.5 Å². The van der Waals surface area contributed by atoms with Crippen LogP contribution >= 0.6 is 0 Å². The minimum atomic E-state index is -1.11. The first-order valence-electron chi connectivity index (χ1n) is 13.9. The van der Waals surface area contributed by atoms with Crippen molar-refractivity contribution in [3.63, 3.8) is 0 Å². The molecule has 0 spiro atoms. The first-order valence-corrected chi connectivity index (χ1v) is 13.9. The van der Waals surface area contributed by atoms with E-state index in [4.69, 9.17) is 14.2 Å². The van der Waals surface area contributed by atoms with Crippen molar-refractivity contribution in [2.45, 2.75) is 58.8 Å². The highest BCUT2D eigenvalue weighted by molar-refractivity contribution is 5.93. The van der Waals surface area contributed by atoms with E-state index in [1.807, 2.05) is 49.4 Å². The Labute approximate surface area is 251 Å². The topological polar surface area (TPSA) is 144 Å². The second-order valence-electron chi connectivity index (χ2n) is 10.6. The van der Waals surface area contributed by atoms with E-state index in [1.165, 1.54) is 0 Å². The molecule has 228 valence electrons. The van der Waals surface area contributed by atoms with Gasteiger partial charge in [-0.25, -0.2) is 15.0 Å². The lowest BCUT2D eigenvalue weighted by atomic mass is 10.1. The van der Waals surface area contributed by atoms with E-state index in [-0.39, 0.29) is 6.42 Å². The van der Waals surface area contributed by atoms with Gasteiger partial charge in [-0.1, -0.05) is 67.6 Å². The van der Waals surface area contributed by atoms with Gasteiger partial charge in [0.1, 0.15) is 24.0 Å². The van der Waals surface area contributed by atoms with Gasteiger partial charge in [-0.05, 0) is 62.1 Å². The third kappa shape index (κ3) is 11.8. The molecule has 0 aliphatic heterocycles. The molecule has 0 aliphatic carbocycles. The normalized spacial score (nSPS) is 11.4. The van der Waals surface area contributed by atoms with E-state index in [0.29, 0.717) is 24.5 Å². The highest BCUT2D eigenvalue weighted by atomic mass is 16.6. The number of para-hydroxylation sites is 1. The monoisotopic (exact) mass is 590 g/mol. The van der Waals surface area contributed by atoms with Crippen molar-refractivity contribution in [3.8, 4) is 5.75 Å². The summed E-state index contributed by atoms with van der Waals surface area (Å²) in [5.74, 6) is -0.628. The van der Waals surface area contributed by atoms with Gasteiger partial charge in [0.05, 0.1) is 0 Å². The SMILES string of the molecule is CCc1ccccc1NC(=O)COC(=O)NNC(=O)[C@H](Cc1ccc(OCc2ccccc2)cc1)NC(=O)OC(C)(C)C. The van der Waals surface area contributed by atoms with Crippen LogP contribution in [0.3, 0.4) is 0 Å². The molecule has 0 aromatic heterocycles. The van der Waals surface area contributed by atoms with Crippen LogP contribution in [0.5, 0.6) is 5.75 Å². The Morgan fingerprint density at radius 2 is 1.47 bits per heavy atom. The van der Waals surface area contributed by atoms with Gasteiger partial charge in [-0.3, -0.25) is 15.0 Å². The van der Waals surface area contributed by atoms with Gasteiger partial charge in [-0.2, -0.15) is 0 Å². The number of ether oxygens (including phenoxy) is 3. The quantitative estimate of drug-likeness (QED) is 0.238. The van der Waals surface area contributed by atoms with E-state index < -0.39 is 42.3 Å². The Morgan fingerprint density at radius 1 is 0.791 bits per heavy atom. The Hall–Kier alpha value is -5.06. The number of alkyl carbamates (subject to hydrolysis) is 1. The summed E-state index contributed by atoms with van der Waals surface area (Å²) in [7, 11) is 0. The maximum Gasteiger partial charge on any atom is 0.426 e. The molecule has 0 saturated heterocycles. The molecule has 0 aliphatic rings. The first-order chi connectivity index (χ1) is 20.5. The number of carbonyl (C=O) groups excluding carboxylic acids is 4. The zero-order chi connectivity index (χ0) is 31.2. The van der Waals surface area contributed by atoms with Crippen LogP contribution in [0.25, 0.3) is 0 Å². The smallest absolute Gasteiger partial charge is 0.426 e. The molecule has 0 radical (unpaired) electrons. The number of nitrogens with one attached hydrogen (secondary N) is 4. The maximum absolute atomic E-state index is 13.0. The van der Waals surface area contributed by atoms with Crippen molar-refractivity contribution < 1.29 is 33.4 Å². The molecule has 3 aromatic carbocycles. The van der Waals surface area contributed by atoms with E-state index in [1.54, 1.807) is 57.2 Å². The number of hydrogen-bond donors (Lipinski definition) is 4. The lowest BCUT2D eigenvalue weighted by Gasteiger charge is -2.23. The average Bonchev–Trinajstić information content (AvgIpc) is 2.98. The fourth-order valence-corrected chi connectivity index (χ4v) is 3.86. The number of anilines is 1. The maximum atomic E-state index is 13.0. The van der Waals surface area contributed by atoms with Crippen molar-refractivity contribution in [1.82, 2.24) is 16.2 Å². The molecule has 4 N–H and O–H groups in total. The number of aryl methyl sites for hydroxylation is 1. The van der Waals surface area contributed by atoms with Crippen molar-refractivity contribution in [2.24, 2.45) is 0 Å². The summed E-state index contributed by atoms with van der Waals surface area (Å²) in [5, 5.41) is 5.22. The van der Waals surface area contributed by atoms with Crippen LogP contribution in [0.4, 0.5) is 15.3 Å². The molecule has 3 rings (SSSR count). The summed E-state index contributed by atoms with van der Waals surface area (Å²) < 4.78 is 16.0. The second kappa shape index (κ2) is 15.8. The molecule has 0 unspecified atom stereocenters. The van der Waals surface area contributed by atoms with Crippen LogP contribution in [0.1, 0.15) is 44.4 Å². The number of amides is 4. The van der Waals surface area contributed by atoms with E-state index in [2.05, 4.69) is 21.5 Å². The molecule has 0 fully saturated rings. The van der Waals surface area contributed by atoms with Crippen LogP contribution in [0.2, 0.25) is 0 Å². The van der Waals surface area contributed by atoms with Crippen molar-refractivity contribution in [2.75, 3.05) is 11.9 Å². The Kier molecular flexibility index (Phi) is 11.9. The number of rotatable bonds is 11. The van der Waals surface area contributed by atoms with Crippen LogP contribution < -0.4 is 26.2 Å². The standard InChI is InChI=1S/C32H38N4O7/c1-5-24-13-9-10-14-26(24)33-28(37)21-42-31(40)36-35-29(38)27(34-30(39)43-32(2,3)4)19-22-15-17-25(18-16-22)41-20-23-11-7-6-8-12-23/h6-18,27H,5,19-21H2,1-4H3,(H,33,37)(H,34,39)(H,35,38)(H,36,40)/t27-/m0/s1. The number of hydrazine groups is 1. The third-order valence-electron chi connectivity index (χ3n) is 5.91. The molecule has 43 heavy (non-hydrogen) atoms. The molecule has 11 heteroatoms. The lowest BCUT2D eigenvalue weighted by Crippen LogP contribution is -2.54. The molecular formula is C32H38N4O7. The summed E-state index contributed by atoms with van der Waals surface area (Å²) >= 11 is 0. The first kappa shape index (κ1) is 32.5. The van der Waals surface area contributed by atoms with Gasteiger partial charge >= 0.3 is 12.2 Å². The molecule has 11 nitrogen and oxygen atoms in total. The Balaban J connectivity index is 1.54. The summed E-state index contributed by atoms with van der Waals surface area (Å²) in [6.07, 6.45) is -1.06. The van der Waals surface area contributed by atoms with Crippen molar-refractivity contribution in [1.29, 1.82) is 0 Å². The third-order valence-corrected chi connectivity index (χ3v) is 5.91. The minimum Gasteiger partial charge on any atom is -0.489 e. The Bertz CT molecular complexity index is 1370. The summed E-state index contributed by atoms with van der Waals surface area (Å²) in [4.78, 5) is 49.8.